The van der Waals surface area contributed by atoms with Gasteiger partial charge in [-0.05, 0) is 31.4 Å². The fourth-order valence-electron chi connectivity index (χ4n) is 3.60. The number of aromatic amines is 1. The number of hydrogen-bond donors (Lipinski definition) is 2. The van der Waals surface area contributed by atoms with E-state index >= 15 is 0 Å². The average molecular weight is 411 g/mol. The number of nitrogens with one attached hydrogen (secondary N) is 2. The highest BCUT2D eigenvalue weighted by Gasteiger charge is 2.33. The van der Waals surface area contributed by atoms with E-state index in [4.69, 9.17) is 4.74 Å². The number of H-pyrrole nitrogens is 1. The third-order valence-corrected chi connectivity index (χ3v) is 5.39. The van der Waals surface area contributed by atoms with Gasteiger partial charge in [0.15, 0.2) is 0 Å². The van der Waals surface area contributed by atoms with Crippen molar-refractivity contribution in [2.45, 2.75) is 37.6 Å². The first-order valence-electron chi connectivity index (χ1n) is 9.99. The molecule has 2 N–H and O–H groups in total. The molecule has 156 valence electrons. The lowest BCUT2D eigenvalue weighted by Crippen LogP contribution is -2.49. The summed E-state index contributed by atoms with van der Waals surface area (Å²) in [4.78, 5) is 25.4. The summed E-state index contributed by atoms with van der Waals surface area (Å²) in [6.45, 7) is 3.98. The number of ether oxygens (including phenoxy) is 1. The molecule has 9 nitrogen and oxygen atoms in total. The van der Waals surface area contributed by atoms with Crippen LogP contribution in [0.5, 0.6) is 5.88 Å². The molecule has 1 amide bonds. The molecule has 0 bridgehead atoms. The molecule has 0 aromatic carbocycles. The Morgan fingerprint density at radius 2 is 2.23 bits per heavy atom. The number of nitrogens with zero attached hydrogens (tertiary/aromatic N) is 5. The van der Waals surface area contributed by atoms with Gasteiger partial charge < -0.3 is 19.9 Å². The van der Waals surface area contributed by atoms with Crippen LogP contribution < -0.4 is 10.1 Å². The summed E-state index contributed by atoms with van der Waals surface area (Å²) in [6.07, 6.45) is 7.06. The van der Waals surface area contributed by atoms with Crippen LogP contribution in [-0.4, -0.2) is 60.9 Å². The van der Waals surface area contributed by atoms with Gasteiger partial charge in [0.05, 0.1) is 29.9 Å². The first kappa shape index (κ1) is 18.6. The van der Waals surface area contributed by atoms with Crippen LogP contribution in [0.2, 0.25) is 0 Å². The lowest BCUT2D eigenvalue weighted by molar-refractivity contribution is -0.130. The van der Waals surface area contributed by atoms with E-state index in [1.165, 1.54) is 11.0 Å². The zero-order valence-electron chi connectivity index (χ0n) is 16.3. The van der Waals surface area contributed by atoms with Crippen LogP contribution in [0.1, 0.15) is 25.3 Å². The predicted octanol–water partition coefficient (Wildman–Crippen LogP) is 2.74. The second kappa shape index (κ2) is 7.43. The SMILES string of the molecule is C=CC(=O)N1CC[C@@H](F)[C@H](Oc2nc(Nc3cnn(C4CC4)c3)nc3[nH]ccc23)C1. The van der Waals surface area contributed by atoms with Gasteiger partial charge in [0.1, 0.15) is 17.9 Å². The number of rotatable bonds is 6. The Morgan fingerprint density at radius 3 is 3.03 bits per heavy atom. The van der Waals surface area contributed by atoms with Crippen molar-refractivity contribution in [3.63, 3.8) is 0 Å². The van der Waals surface area contributed by atoms with Crippen molar-refractivity contribution in [1.82, 2.24) is 29.6 Å². The smallest absolute Gasteiger partial charge is 0.246 e. The minimum absolute atomic E-state index is 0.138. The number of carbonyl (C=O) groups excluding carboxylic acids is 1. The zero-order valence-corrected chi connectivity index (χ0v) is 16.3. The Labute approximate surface area is 171 Å². The predicted molar refractivity (Wildman–Crippen MR) is 108 cm³/mol. The van der Waals surface area contributed by atoms with E-state index in [-0.39, 0.29) is 24.8 Å². The van der Waals surface area contributed by atoms with Gasteiger partial charge in [0.25, 0.3) is 0 Å². The summed E-state index contributed by atoms with van der Waals surface area (Å²) >= 11 is 0. The number of piperidine rings is 1. The number of carbonyl (C=O) groups is 1. The first-order valence-corrected chi connectivity index (χ1v) is 9.99. The standard InChI is InChI=1S/C20H22FN7O2/c1-2-17(29)27-8-6-15(21)16(11-27)30-19-14-5-7-22-18(14)25-20(26-19)24-12-9-23-28(10-12)13-3-4-13/h2,5,7,9-10,13,15-16H,1,3-4,6,8,11H2,(H2,22,24,25,26)/t15-,16-/m1/s1. The molecule has 30 heavy (non-hydrogen) atoms. The van der Waals surface area contributed by atoms with Gasteiger partial charge in [-0.15, -0.1) is 0 Å². The molecule has 2 aliphatic rings. The molecule has 1 aliphatic carbocycles. The molecule has 1 saturated heterocycles. The Balaban J connectivity index is 1.39. The second-order valence-electron chi connectivity index (χ2n) is 7.61. The molecule has 2 fully saturated rings. The van der Waals surface area contributed by atoms with Crippen molar-refractivity contribution in [2.24, 2.45) is 0 Å². The number of halogens is 1. The van der Waals surface area contributed by atoms with E-state index in [1.54, 1.807) is 18.5 Å². The number of amides is 1. The Bertz CT molecular complexity index is 1090. The van der Waals surface area contributed by atoms with E-state index in [2.05, 4.69) is 31.9 Å². The topological polar surface area (TPSA) is 101 Å². The van der Waals surface area contributed by atoms with Crippen molar-refractivity contribution in [3.05, 3.63) is 37.3 Å². The van der Waals surface area contributed by atoms with Gasteiger partial charge in [-0.2, -0.15) is 15.1 Å². The van der Waals surface area contributed by atoms with Gasteiger partial charge in [-0.1, -0.05) is 6.58 Å². The minimum Gasteiger partial charge on any atom is -0.469 e. The van der Waals surface area contributed by atoms with Gasteiger partial charge in [0, 0.05) is 18.9 Å². The molecular weight excluding hydrogens is 389 g/mol. The number of anilines is 2. The fourth-order valence-corrected chi connectivity index (χ4v) is 3.60. The largest absolute Gasteiger partial charge is 0.469 e. The quantitative estimate of drug-likeness (QED) is 0.605. The number of alkyl halides is 1. The van der Waals surface area contributed by atoms with Crippen molar-refractivity contribution in [1.29, 1.82) is 0 Å². The van der Waals surface area contributed by atoms with Crippen molar-refractivity contribution >= 4 is 28.6 Å². The summed E-state index contributed by atoms with van der Waals surface area (Å²) in [7, 11) is 0. The van der Waals surface area contributed by atoms with Crippen molar-refractivity contribution in [2.75, 3.05) is 18.4 Å². The summed E-state index contributed by atoms with van der Waals surface area (Å²) in [5.74, 6) is 0.347. The van der Waals surface area contributed by atoms with Crippen LogP contribution in [0.25, 0.3) is 11.0 Å². The maximum absolute atomic E-state index is 14.6. The zero-order chi connectivity index (χ0) is 20.7. The molecule has 3 aromatic rings. The molecule has 0 unspecified atom stereocenters. The van der Waals surface area contributed by atoms with Crippen LogP contribution in [-0.2, 0) is 4.79 Å². The normalized spacial score (nSPS) is 21.6. The van der Waals surface area contributed by atoms with Gasteiger partial charge in [-0.3, -0.25) is 9.48 Å². The van der Waals surface area contributed by atoms with Gasteiger partial charge in [-0.25, -0.2) is 4.39 Å². The molecule has 0 radical (unpaired) electrons. The average Bonchev–Trinajstić information content (AvgIpc) is 3.30. The molecule has 4 heterocycles. The number of hydrogen-bond acceptors (Lipinski definition) is 6. The van der Waals surface area contributed by atoms with Gasteiger partial charge >= 0.3 is 0 Å². The van der Waals surface area contributed by atoms with E-state index in [0.29, 0.717) is 29.6 Å². The summed E-state index contributed by atoms with van der Waals surface area (Å²) in [6, 6.07) is 2.25. The lowest BCUT2D eigenvalue weighted by Gasteiger charge is -2.34. The molecule has 1 aliphatic heterocycles. The molecule has 5 rings (SSSR count). The monoisotopic (exact) mass is 411 g/mol. The molecule has 3 aromatic heterocycles. The highest BCUT2D eigenvalue weighted by atomic mass is 19.1. The van der Waals surface area contributed by atoms with Crippen LogP contribution in [0.15, 0.2) is 37.3 Å². The highest BCUT2D eigenvalue weighted by Crippen LogP contribution is 2.35. The third-order valence-electron chi connectivity index (χ3n) is 5.39. The third kappa shape index (κ3) is 3.60. The second-order valence-corrected chi connectivity index (χ2v) is 7.61. The highest BCUT2D eigenvalue weighted by molar-refractivity contribution is 5.87. The number of fused-ring (bicyclic) bond motifs is 1. The molecule has 1 saturated carbocycles. The number of aromatic nitrogens is 5. The molecule has 2 atom stereocenters. The van der Waals surface area contributed by atoms with Crippen LogP contribution in [0.3, 0.4) is 0 Å². The van der Waals surface area contributed by atoms with E-state index < -0.39 is 12.3 Å². The first-order chi connectivity index (χ1) is 14.6. The minimum atomic E-state index is -1.20. The summed E-state index contributed by atoms with van der Waals surface area (Å²) in [5, 5.41) is 8.13. The van der Waals surface area contributed by atoms with E-state index in [9.17, 15) is 9.18 Å². The maximum atomic E-state index is 14.6. The Morgan fingerprint density at radius 1 is 1.37 bits per heavy atom. The summed E-state index contributed by atoms with van der Waals surface area (Å²) in [5.41, 5.74) is 1.34. The Kier molecular flexibility index (Phi) is 4.61. The van der Waals surface area contributed by atoms with E-state index in [1.807, 2.05) is 10.9 Å². The molecular formula is C20H22FN7O2. The summed E-state index contributed by atoms with van der Waals surface area (Å²) < 4.78 is 22.5. The molecule has 0 spiro atoms. The maximum Gasteiger partial charge on any atom is 0.246 e. The van der Waals surface area contributed by atoms with Crippen LogP contribution in [0.4, 0.5) is 16.0 Å². The van der Waals surface area contributed by atoms with Crippen LogP contribution in [0, 0.1) is 0 Å². The van der Waals surface area contributed by atoms with Crippen molar-refractivity contribution in [3.8, 4) is 5.88 Å². The number of likely N-dealkylation sites (tertiary alicyclic amines) is 1. The molecule has 10 heteroatoms. The lowest BCUT2D eigenvalue weighted by atomic mass is 10.1. The Hall–Kier alpha value is -3.43. The van der Waals surface area contributed by atoms with Crippen LogP contribution >= 0.6 is 0 Å². The van der Waals surface area contributed by atoms with E-state index in [0.717, 1.165) is 18.5 Å². The van der Waals surface area contributed by atoms with Crippen molar-refractivity contribution < 1.29 is 13.9 Å². The fraction of sp³-hybridized carbons (Fsp3) is 0.400. The van der Waals surface area contributed by atoms with Gasteiger partial charge in [0.2, 0.25) is 17.7 Å².